The number of hydrogen-bond donors (Lipinski definition) is 2. The number of nitrogens with zero attached hydrogens (tertiary/aromatic N) is 5. The van der Waals surface area contributed by atoms with Crippen molar-refractivity contribution < 1.29 is 18.8 Å². The number of anilines is 5. The molecule has 42 heavy (non-hydrogen) atoms. The van der Waals surface area contributed by atoms with Gasteiger partial charge in [0, 0.05) is 50.8 Å². The van der Waals surface area contributed by atoms with Crippen LogP contribution < -0.4 is 25.3 Å². The maximum absolute atomic E-state index is 14.2. The molecule has 3 aromatic rings. The van der Waals surface area contributed by atoms with E-state index in [0.29, 0.717) is 41.8 Å². The van der Waals surface area contributed by atoms with Crippen LogP contribution in [0.5, 0.6) is 5.75 Å². The van der Waals surface area contributed by atoms with Crippen molar-refractivity contribution in [3.63, 3.8) is 0 Å². The maximum Gasteiger partial charge on any atom is 0.247 e. The van der Waals surface area contributed by atoms with Gasteiger partial charge < -0.3 is 20.3 Å². The smallest absolute Gasteiger partial charge is 0.247 e. The summed E-state index contributed by atoms with van der Waals surface area (Å²) in [6, 6.07) is 10.8. The normalized spacial score (nSPS) is 19.1. The Kier molecular flexibility index (Phi) is 8.14. The first-order chi connectivity index (χ1) is 20.4. The van der Waals surface area contributed by atoms with Gasteiger partial charge in [-0.2, -0.15) is 0 Å². The average molecular weight is 594 g/mol. The Morgan fingerprint density at radius 2 is 1.93 bits per heavy atom. The summed E-state index contributed by atoms with van der Waals surface area (Å²) in [5, 5.41) is 8.00. The van der Waals surface area contributed by atoms with Gasteiger partial charge in [0.25, 0.3) is 0 Å². The Labute approximate surface area is 249 Å². The monoisotopic (exact) mass is 593 g/mol. The summed E-state index contributed by atoms with van der Waals surface area (Å²) < 4.78 is 20.0. The number of carbonyl (C=O) groups excluding carboxylic acids is 1. The Hall–Kier alpha value is -3.93. The van der Waals surface area contributed by atoms with Crippen molar-refractivity contribution in [2.45, 2.75) is 31.3 Å². The van der Waals surface area contributed by atoms with E-state index in [9.17, 15) is 9.18 Å². The van der Waals surface area contributed by atoms with Gasteiger partial charge in [-0.05, 0) is 42.7 Å². The Balaban J connectivity index is 1.26. The Morgan fingerprint density at radius 3 is 2.64 bits per heavy atom. The third-order valence-corrected chi connectivity index (χ3v) is 8.16. The topological polar surface area (TPSA) is 95.1 Å². The summed E-state index contributed by atoms with van der Waals surface area (Å²) in [5.41, 5.74) is 2.88. The molecule has 1 aromatic heterocycles. The molecule has 1 saturated carbocycles. The molecule has 12 heteroatoms. The van der Waals surface area contributed by atoms with E-state index >= 15 is 0 Å². The van der Waals surface area contributed by atoms with E-state index < -0.39 is 5.82 Å². The number of aromatic nitrogens is 2. The molecule has 2 aliphatic heterocycles. The van der Waals surface area contributed by atoms with Crippen LogP contribution in [0.25, 0.3) is 0 Å². The Morgan fingerprint density at radius 1 is 1.12 bits per heavy atom. The van der Waals surface area contributed by atoms with E-state index in [4.69, 9.17) is 21.2 Å². The molecule has 3 heterocycles. The standard InChI is InChI=1S/C30H33ClFN7O3/c1-3-30(40)36-23-15-24(27(41-2)16-26(23)38-11-9-37(10-12-38)20-5-6-20)35-28-17-29(34-18-33-28)39-25(8-13-42-39)19-4-7-21(31)22(32)14-19/h3-4,7,14-18,20,25H,1,5-6,8-13H2,2H3,(H,36,40)(H,33,34,35). The van der Waals surface area contributed by atoms with Crippen LogP contribution in [-0.2, 0) is 9.63 Å². The van der Waals surface area contributed by atoms with Crippen LogP contribution in [0, 0.1) is 5.82 Å². The third kappa shape index (κ3) is 5.99. The van der Waals surface area contributed by atoms with E-state index in [-0.39, 0.29) is 17.0 Å². The zero-order valence-electron chi connectivity index (χ0n) is 23.4. The summed E-state index contributed by atoms with van der Waals surface area (Å²) in [6.45, 7) is 7.74. The zero-order chi connectivity index (χ0) is 29.2. The molecule has 0 radical (unpaired) electrons. The molecule has 2 saturated heterocycles. The van der Waals surface area contributed by atoms with Crippen LogP contribution in [0.2, 0.25) is 5.02 Å². The number of carbonyl (C=O) groups is 1. The van der Waals surface area contributed by atoms with E-state index in [2.05, 4.69) is 37.0 Å². The minimum absolute atomic E-state index is 0.0712. The van der Waals surface area contributed by atoms with Crippen LogP contribution >= 0.6 is 11.6 Å². The molecular weight excluding hydrogens is 561 g/mol. The van der Waals surface area contributed by atoms with Crippen LogP contribution in [-0.4, -0.2) is 66.7 Å². The van der Waals surface area contributed by atoms with Gasteiger partial charge in [-0.25, -0.2) is 19.4 Å². The molecule has 1 aliphatic carbocycles. The van der Waals surface area contributed by atoms with Gasteiger partial charge >= 0.3 is 0 Å². The van der Waals surface area contributed by atoms with Crippen molar-refractivity contribution in [3.05, 3.63) is 71.8 Å². The second-order valence-electron chi connectivity index (χ2n) is 10.5. The molecule has 3 fully saturated rings. The summed E-state index contributed by atoms with van der Waals surface area (Å²) in [7, 11) is 1.61. The van der Waals surface area contributed by atoms with E-state index in [1.54, 1.807) is 30.4 Å². The SMILES string of the molecule is C=CC(=O)Nc1cc(Nc2cc(N3OCCC3c3ccc(Cl)c(F)c3)ncn2)c(OC)cc1N1CCN(C2CC2)CC1. The zero-order valence-corrected chi connectivity index (χ0v) is 24.1. The lowest BCUT2D eigenvalue weighted by molar-refractivity contribution is -0.111. The quantitative estimate of drug-likeness (QED) is 0.320. The largest absolute Gasteiger partial charge is 0.494 e. The number of ether oxygens (including phenoxy) is 1. The number of halogens is 2. The fraction of sp³-hybridized carbons (Fsp3) is 0.367. The van der Waals surface area contributed by atoms with Crippen molar-refractivity contribution in [3.8, 4) is 5.75 Å². The number of hydrogen-bond acceptors (Lipinski definition) is 9. The van der Waals surface area contributed by atoms with Crippen LogP contribution in [0.4, 0.5) is 33.1 Å². The second kappa shape index (κ2) is 12.1. The summed E-state index contributed by atoms with van der Waals surface area (Å²) >= 11 is 5.89. The fourth-order valence-corrected chi connectivity index (χ4v) is 5.66. The molecule has 3 aliphatic rings. The molecular formula is C30H33ClFN7O3. The number of benzene rings is 2. The highest BCUT2D eigenvalue weighted by atomic mass is 35.5. The van der Waals surface area contributed by atoms with E-state index in [1.165, 1.54) is 31.3 Å². The number of nitrogens with one attached hydrogen (secondary N) is 2. The lowest BCUT2D eigenvalue weighted by Gasteiger charge is -2.37. The molecule has 6 rings (SSSR count). The number of amides is 1. The van der Waals surface area contributed by atoms with Crippen molar-refractivity contribution in [1.82, 2.24) is 14.9 Å². The highest BCUT2D eigenvalue weighted by Gasteiger charge is 2.32. The first kappa shape index (κ1) is 28.2. The van der Waals surface area contributed by atoms with Gasteiger partial charge in [0.1, 0.15) is 23.7 Å². The highest BCUT2D eigenvalue weighted by molar-refractivity contribution is 6.30. The first-order valence-electron chi connectivity index (χ1n) is 14.0. The summed E-state index contributed by atoms with van der Waals surface area (Å²) in [6.07, 6.45) is 5.90. The molecule has 2 aromatic carbocycles. The minimum atomic E-state index is -0.481. The van der Waals surface area contributed by atoms with Gasteiger partial charge in [0.05, 0.1) is 41.8 Å². The summed E-state index contributed by atoms with van der Waals surface area (Å²) in [5.74, 6) is 0.810. The minimum Gasteiger partial charge on any atom is -0.494 e. The van der Waals surface area contributed by atoms with Gasteiger partial charge in [-0.3, -0.25) is 14.5 Å². The number of hydroxylamine groups is 1. The Bertz CT molecular complexity index is 1480. The predicted molar refractivity (Wildman–Crippen MR) is 161 cm³/mol. The lowest BCUT2D eigenvalue weighted by atomic mass is 10.0. The van der Waals surface area contributed by atoms with Crippen molar-refractivity contribution in [1.29, 1.82) is 0 Å². The van der Waals surface area contributed by atoms with Crippen LogP contribution in [0.1, 0.15) is 30.9 Å². The lowest BCUT2D eigenvalue weighted by Crippen LogP contribution is -2.47. The van der Waals surface area contributed by atoms with Gasteiger partial charge in [-0.15, -0.1) is 0 Å². The predicted octanol–water partition coefficient (Wildman–Crippen LogP) is 5.31. The average Bonchev–Trinajstić information content (AvgIpc) is 3.74. The molecule has 220 valence electrons. The van der Waals surface area contributed by atoms with E-state index in [0.717, 1.165) is 43.5 Å². The van der Waals surface area contributed by atoms with Crippen LogP contribution in [0.15, 0.2) is 55.4 Å². The fourth-order valence-electron chi connectivity index (χ4n) is 5.54. The molecule has 2 N–H and O–H groups in total. The molecule has 0 bridgehead atoms. The number of rotatable bonds is 9. The number of piperazine rings is 1. The van der Waals surface area contributed by atoms with Crippen molar-refractivity contribution in [2.24, 2.45) is 0 Å². The highest BCUT2D eigenvalue weighted by Crippen LogP contribution is 2.40. The van der Waals surface area contributed by atoms with E-state index in [1.807, 2.05) is 12.1 Å². The number of methoxy groups -OCH3 is 1. The molecule has 0 spiro atoms. The van der Waals surface area contributed by atoms with Gasteiger partial charge in [0.15, 0.2) is 5.82 Å². The van der Waals surface area contributed by atoms with Crippen molar-refractivity contribution >= 4 is 46.2 Å². The molecule has 1 atom stereocenters. The second-order valence-corrected chi connectivity index (χ2v) is 10.9. The van der Waals surface area contributed by atoms with Crippen LogP contribution in [0.3, 0.4) is 0 Å². The van der Waals surface area contributed by atoms with Crippen molar-refractivity contribution in [2.75, 3.05) is 60.5 Å². The third-order valence-electron chi connectivity index (χ3n) is 7.85. The summed E-state index contributed by atoms with van der Waals surface area (Å²) in [4.78, 5) is 31.9. The maximum atomic E-state index is 14.2. The molecule has 1 unspecified atom stereocenters. The van der Waals surface area contributed by atoms with Gasteiger partial charge in [0.2, 0.25) is 5.91 Å². The first-order valence-corrected chi connectivity index (χ1v) is 14.4. The molecule has 10 nitrogen and oxygen atoms in total. The van der Waals surface area contributed by atoms with Gasteiger partial charge in [-0.1, -0.05) is 24.2 Å². The molecule has 1 amide bonds.